The molecule has 0 radical (unpaired) electrons. The molecule has 2 heterocycles. The van der Waals surface area contributed by atoms with Gasteiger partial charge < -0.3 is 10.6 Å². The summed E-state index contributed by atoms with van der Waals surface area (Å²) in [5, 5.41) is 4.15. The van der Waals surface area contributed by atoms with E-state index in [1.165, 1.54) is 4.68 Å². The number of likely N-dealkylation sites (tertiary alicyclic amines) is 1. The lowest BCUT2D eigenvalue weighted by Gasteiger charge is -2.29. The highest BCUT2D eigenvalue weighted by molar-refractivity contribution is 5.08. The summed E-state index contributed by atoms with van der Waals surface area (Å²) >= 11 is 0. The molecule has 0 aliphatic carbocycles. The van der Waals surface area contributed by atoms with E-state index in [1.807, 2.05) is 0 Å². The molecule has 0 amide bonds. The summed E-state index contributed by atoms with van der Waals surface area (Å²) in [6.45, 7) is 2.49. The fraction of sp³-hybridized carbons (Fsp3) is 0.727. The van der Waals surface area contributed by atoms with Gasteiger partial charge in [0, 0.05) is 5.56 Å². The van der Waals surface area contributed by atoms with Crippen molar-refractivity contribution in [3.63, 3.8) is 0 Å². The Labute approximate surface area is 95.2 Å². The molecule has 1 saturated heterocycles. The normalized spacial score (nSPS) is 19.2. The van der Waals surface area contributed by atoms with Gasteiger partial charge in [-0.1, -0.05) is 0 Å². The van der Waals surface area contributed by atoms with E-state index in [1.54, 1.807) is 6.20 Å². The van der Waals surface area contributed by atoms with Gasteiger partial charge in [-0.25, -0.2) is 4.68 Å². The molecule has 90 valence electrons. The summed E-state index contributed by atoms with van der Waals surface area (Å²) in [7, 11) is 2.09. The van der Waals surface area contributed by atoms with E-state index < -0.39 is 0 Å². The molecule has 0 unspecified atom stereocenters. The second kappa shape index (κ2) is 4.93. The van der Waals surface area contributed by atoms with E-state index in [2.05, 4.69) is 17.0 Å². The van der Waals surface area contributed by atoms with E-state index in [4.69, 9.17) is 5.73 Å². The van der Waals surface area contributed by atoms with Crippen molar-refractivity contribution in [2.45, 2.75) is 25.3 Å². The fourth-order valence-corrected chi connectivity index (χ4v) is 2.20. The Bertz CT molecular complexity index is 342. The van der Waals surface area contributed by atoms with Gasteiger partial charge in [0.25, 0.3) is 0 Å². The van der Waals surface area contributed by atoms with Gasteiger partial charge in [0.15, 0.2) is 0 Å². The van der Waals surface area contributed by atoms with Gasteiger partial charge in [-0.15, -0.1) is 0 Å². The predicted octanol–water partition coefficient (Wildman–Crippen LogP) is 0.790. The molecule has 16 heavy (non-hydrogen) atoms. The zero-order valence-electron chi connectivity index (χ0n) is 9.69. The van der Waals surface area contributed by atoms with Crippen molar-refractivity contribution in [3.8, 4) is 0 Å². The third kappa shape index (κ3) is 2.25. The third-order valence-corrected chi connectivity index (χ3v) is 3.25. The fourth-order valence-electron chi connectivity index (χ4n) is 2.20. The van der Waals surface area contributed by atoms with Crippen molar-refractivity contribution >= 4 is 0 Å². The molecule has 4 nitrogen and oxygen atoms in total. The van der Waals surface area contributed by atoms with E-state index >= 15 is 0 Å². The number of hydrogen-bond donors (Lipinski definition) is 1. The number of hydrogen-bond acceptors (Lipinski definition) is 3. The molecule has 1 aliphatic rings. The molecule has 0 saturated carbocycles. The van der Waals surface area contributed by atoms with Crippen LogP contribution in [0.4, 0.5) is 4.39 Å². The van der Waals surface area contributed by atoms with Crippen LogP contribution in [0.1, 0.15) is 24.4 Å². The minimum Gasteiger partial charge on any atom is -0.330 e. The summed E-state index contributed by atoms with van der Waals surface area (Å²) < 4.78 is 15.5. The third-order valence-electron chi connectivity index (χ3n) is 3.25. The maximum Gasteiger partial charge on any atom is 0.214 e. The highest BCUT2D eigenvalue weighted by atomic mass is 19.1. The average molecular weight is 226 g/mol. The van der Waals surface area contributed by atoms with Crippen molar-refractivity contribution in [1.29, 1.82) is 0 Å². The number of halogens is 1. The standard InChI is InChI=1S/C11H19FN4/c1-15-6-3-10(4-7-15)16-11(12)9(2-5-13)8-14-16/h8,10H,2-7,13H2,1H3. The molecule has 2 N–H and O–H groups in total. The van der Waals surface area contributed by atoms with Crippen molar-refractivity contribution in [2.75, 3.05) is 26.7 Å². The molecule has 2 rings (SSSR count). The lowest BCUT2D eigenvalue weighted by molar-refractivity contribution is 0.200. The topological polar surface area (TPSA) is 47.1 Å². The van der Waals surface area contributed by atoms with Crippen molar-refractivity contribution in [1.82, 2.24) is 14.7 Å². The number of rotatable bonds is 3. The molecule has 0 bridgehead atoms. The first-order valence-corrected chi connectivity index (χ1v) is 5.83. The minimum absolute atomic E-state index is 0.194. The van der Waals surface area contributed by atoms with Crippen LogP contribution in [0.15, 0.2) is 6.20 Å². The Kier molecular flexibility index (Phi) is 3.56. The minimum atomic E-state index is -0.194. The van der Waals surface area contributed by atoms with Crippen LogP contribution in [0, 0.1) is 5.95 Å². The zero-order chi connectivity index (χ0) is 11.5. The lowest BCUT2D eigenvalue weighted by Crippen LogP contribution is -2.32. The van der Waals surface area contributed by atoms with Crippen molar-refractivity contribution < 1.29 is 4.39 Å². The van der Waals surface area contributed by atoms with Crippen LogP contribution in [0.3, 0.4) is 0 Å². The first-order valence-electron chi connectivity index (χ1n) is 5.83. The molecule has 1 aromatic rings. The van der Waals surface area contributed by atoms with Crippen molar-refractivity contribution in [2.24, 2.45) is 5.73 Å². The van der Waals surface area contributed by atoms with Crippen LogP contribution in [0.5, 0.6) is 0 Å². The second-order valence-electron chi connectivity index (χ2n) is 4.48. The first-order chi connectivity index (χ1) is 7.72. The van der Waals surface area contributed by atoms with Crippen LogP contribution < -0.4 is 5.73 Å². The van der Waals surface area contributed by atoms with E-state index in [9.17, 15) is 4.39 Å². The van der Waals surface area contributed by atoms with Crippen LogP contribution in [-0.4, -0.2) is 41.4 Å². The van der Waals surface area contributed by atoms with Gasteiger partial charge in [0.05, 0.1) is 12.2 Å². The summed E-state index contributed by atoms with van der Waals surface area (Å²) in [6, 6.07) is 0.211. The number of nitrogens with zero attached hydrogens (tertiary/aromatic N) is 3. The molecular formula is C11H19FN4. The Morgan fingerprint density at radius 3 is 2.81 bits per heavy atom. The van der Waals surface area contributed by atoms with Gasteiger partial charge in [-0.05, 0) is 45.9 Å². The summed E-state index contributed by atoms with van der Waals surface area (Å²) in [4.78, 5) is 2.26. The van der Waals surface area contributed by atoms with E-state index in [0.717, 1.165) is 25.9 Å². The highest BCUT2D eigenvalue weighted by Crippen LogP contribution is 2.23. The highest BCUT2D eigenvalue weighted by Gasteiger charge is 2.22. The van der Waals surface area contributed by atoms with Crippen LogP contribution in [0.2, 0.25) is 0 Å². The summed E-state index contributed by atoms with van der Waals surface area (Å²) in [5.74, 6) is -0.194. The Hall–Kier alpha value is -0.940. The molecule has 1 fully saturated rings. The van der Waals surface area contributed by atoms with Crippen molar-refractivity contribution in [3.05, 3.63) is 17.7 Å². The molecule has 1 aromatic heterocycles. The monoisotopic (exact) mass is 226 g/mol. The maximum absolute atomic E-state index is 13.9. The first kappa shape index (κ1) is 11.5. The molecule has 0 atom stereocenters. The van der Waals surface area contributed by atoms with Gasteiger partial charge in [0.2, 0.25) is 5.95 Å². The van der Waals surface area contributed by atoms with Gasteiger partial charge in [-0.2, -0.15) is 9.49 Å². The quantitative estimate of drug-likeness (QED) is 0.829. The van der Waals surface area contributed by atoms with Crippen LogP contribution in [0.25, 0.3) is 0 Å². The second-order valence-corrected chi connectivity index (χ2v) is 4.48. The van der Waals surface area contributed by atoms with Crippen LogP contribution in [-0.2, 0) is 6.42 Å². The molecule has 0 spiro atoms. The summed E-state index contributed by atoms with van der Waals surface area (Å²) in [6.07, 6.45) is 4.12. The molecule has 1 aliphatic heterocycles. The smallest absolute Gasteiger partial charge is 0.214 e. The van der Waals surface area contributed by atoms with Gasteiger partial charge in [-0.3, -0.25) is 0 Å². The number of piperidine rings is 1. The number of nitrogens with two attached hydrogens (primary N) is 1. The van der Waals surface area contributed by atoms with E-state index in [-0.39, 0.29) is 12.0 Å². The Morgan fingerprint density at radius 2 is 2.19 bits per heavy atom. The average Bonchev–Trinajstić information content (AvgIpc) is 2.63. The Balaban J connectivity index is 2.09. The molecular weight excluding hydrogens is 207 g/mol. The predicted molar refractivity (Wildman–Crippen MR) is 60.7 cm³/mol. The van der Waals surface area contributed by atoms with Crippen LogP contribution >= 0.6 is 0 Å². The van der Waals surface area contributed by atoms with Gasteiger partial charge >= 0.3 is 0 Å². The van der Waals surface area contributed by atoms with Gasteiger partial charge in [0.1, 0.15) is 0 Å². The largest absolute Gasteiger partial charge is 0.330 e. The summed E-state index contributed by atoms with van der Waals surface area (Å²) in [5.41, 5.74) is 6.07. The van der Waals surface area contributed by atoms with E-state index in [0.29, 0.717) is 18.5 Å². The molecule has 0 aromatic carbocycles. The Morgan fingerprint density at radius 1 is 1.50 bits per heavy atom. The maximum atomic E-state index is 13.9. The number of aromatic nitrogens is 2. The zero-order valence-corrected chi connectivity index (χ0v) is 9.69. The SMILES string of the molecule is CN1CCC(n2ncc(CCN)c2F)CC1. The lowest BCUT2D eigenvalue weighted by atomic mass is 10.1. The molecule has 5 heteroatoms.